The summed E-state index contributed by atoms with van der Waals surface area (Å²) in [5.41, 5.74) is 6.92. The lowest BCUT2D eigenvalue weighted by molar-refractivity contribution is 0.204. The van der Waals surface area contributed by atoms with Crippen molar-refractivity contribution < 1.29 is 14.9 Å². The molecule has 0 amide bonds. The minimum absolute atomic E-state index is 0.145. The SMILES string of the molecule is COc1cc(N)cc(NC(CO)CO)c1. The van der Waals surface area contributed by atoms with Crippen LogP contribution in [-0.2, 0) is 0 Å². The van der Waals surface area contributed by atoms with Crippen molar-refractivity contribution in [2.24, 2.45) is 0 Å². The van der Waals surface area contributed by atoms with Gasteiger partial charge in [0, 0.05) is 23.5 Å². The molecule has 5 nitrogen and oxygen atoms in total. The van der Waals surface area contributed by atoms with Crippen LogP contribution in [0.25, 0.3) is 0 Å². The Morgan fingerprint density at radius 3 is 2.53 bits per heavy atom. The molecule has 5 heteroatoms. The maximum Gasteiger partial charge on any atom is 0.122 e. The van der Waals surface area contributed by atoms with E-state index in [0.717, 1.165) is 0 Å². The fourth-order valence-corrected chi connectivity index (χ4v) is 1.21. The second-order valence-electron chi connectivity index (χ2n) is 3.20. The van der Waals surface area contributed by atoms with Crippen molar-refractivity contribution in [3.8, 4) is 5.75 Å². The van der Waals surface area contributed by atoms with Crippen molar-refractivity contribution in [2.45, 2.75) is 6.04 Å². The minimum atomic E-state index is -0.392. The Balaban J connectivity index is 2.79. The molecule has 0 saturated heterocycles. The molecular formula is C10H16N2O3. The number of benzene rings is 1. The summed E-state index contributed by atoms with van der Waals surface area (Å²) in [6, 6.07) is 4.75. The molecule has 1 rings (SSSR count). The van der Waals surface area contributed by atoms with Gasteiger partial charge in [0.05, 0.1) is 26.4 Å². The molecule has 0 spiro atoms. The van der Waals surface area contributed by atoms with Gasteiger partial charge in [-0.05, 0) is 6.07 Å². The van der Waals surface area contributed by atoms with E-state index in [1.54, 1.807) is 25.3 Å². The number of methoxy groups -OCH3 is 1. The molecule has 1 aromatic carbocycles. The fourth-order valence-electron chi connectivity index (χ4n) is 1.21. The van der Waals surface area contributed by atoms with Crippen molar-refractivity contribution in [3.63, 3.8) is 0 Å². The summed E-state index contributed by atoms with van der Waals surface area (Å²) < 4.78 is 5.04. The lowest BCUT2D eigenvalue weighted by atomic mass is 10.2. The predicted molar refractivity (Wildman–Crippen MR) is 59.0 cm³/mol. The molecule has 0 unspecified atom stereocenters. The summed E-state index contributed by atoms with van der Waals surface area (Å²) in [6.07, 6.45) is 0. The Kier molecular flexibility index (Phi) is 4.20. The zero-order valence-electron chi connectivity index (χ0n) is 8.60. The van der Waals surface area contributed by atoms with E-state index in [1.807, 2.05) is 0 Å². The van der Waals surface area contributed by atoms with E-state index in [1.165, 1.54) is 0 Å². The summed E-state index contributed by atoms with van der Waals surface area (Å²) in [7, 11) is 1.55. The van der Waals surface area contributed by atoms with Gasteiger partial charge in [0.1, 0.15) is 5.75 Å². The van der Waals surface area contributed by atoms with E-state index in [-0.39, 0.29) is 13.2 Å². The van der Waals surface area contributed by atoms with Gasteiger partial charge >= 0.3 is 0 Å². The second-order valence-corrected chi connectivity index (χ2v) is 3.20. The highest BCUT2D eigenvalue weighted by Gasteiger charge is 2.06. The lowest BCUT2D eigenvalue weighted by Gasteiger charge is -2.15. The van der Waals surface area contributed by atoms with Gasteiger partial charge in [-0.15, -0.1) is 0 Å². The van der Waals surface area contributed by atoms with Crippen molar-refractivity contribution >= 4 is 11.4 Å². The monoisotopic (exact) mass is 212 g/mol. The van der Waals surface area contributed by atoms with Crippen molar-refractivity contribution in [1.82, 2.24) is 0 Å². The van der Waals surface area contributed by atoms with Crippen LogP contribution in [0, 0.1) is 0 Å². The minimum Gasteiger partial charge on any atom is -0.497 e. The zero-order valence-corrected chi connectivity index (χ0v) is 8.60. The Morgan fingerprint density at radius 1 is 1.33 bits per heavy atom. The van der Waals surface area contributed by atoms with Crippen molar-refractivity contribution in [2.75, 3.05) is 31.4 Å². The molecule has 84 valence electrons. The van der Waals surface area contributed by atoms with Crippen molar-refractivity contribution in [1.29, 1.82) is 0 Å². The average molecular weight is 212 g/mol. The number of anilines is 2. The van der Waals surface area contributed by atoms with Crippen LogP contribution < -0.4 is 15.8 Å². The van der Waals surface area contributed by atoms with Crippen LogP contribution in [0.3, 0.4) is 0 Å². The third kappa shape index (κ3) is 3.30. The van der Waals surface area contributed by atoms with Gasteiger partial charge in [-0.25, -0.2) is 0 Å². The van der Waals surface area contributed by atoms with Gasteiger partial charge < -0.3 is 26.0 Å². The molecule has 1 aromatic rings. The van der Waals surface area contributed by atoms with Crippen LogP contribution in [0.15, 0.2) is 18.2 Å². The number of ether oxygens (including phenoxy) is 1. The molecule has 0 heterocycles. The predicted octanol–water partition coefficient (Wildman–Crippen LogP) is 0.0425. The summed E-state index contributed by atoms with van der Waals surface area (Å²) >= 11 is 0. The quantitative estimate of drug-likeness (QED) is 0.518. The van der Waals surface area contributed by atoms with Crippen LogP contribution >= 0.6 is 0 Å². The highest BCUT2D eigenvalue weighted by molar-refractivity contribution is 5.59. The molecule has 0 saturated carbocycles. The highest BCUT2D eigenvalue weighted by atomic mass is 16.5. The fraction of sp³-hybridized carbons (Fsp3) is 0.400. The van der Waals surface area contributed by atoms with Crippen LogP contribution in [0.4, 0.5) is 11.4 Å². The first-order valence-electron chi connectivity index (χ1n) is 4.62. The van der Waals surface area contributed by atoms with Crippen LogP contribution in [0.2, 0.25) is 0 Å². The zero-order chi connectivity index (χ0) is 11.3. The first-order chi connectivity index (χ1) is 7.19. The number of aliphatic hydroxyl groups is 2. The molecule has 0 bridgehead atoms. The first kappa shape index (κ1) is 11.6. The third-order valence-electron chi connectivity index (χ3n) is 1.98. The van der Waals surface area contributed by atoms with E-state index >= 15 is 0 Å². The smallest absolute Gasteiger partial charge is 0.122 e. The van der Waals surface area contributed by atoms with Gasteiger partial charge in [-0.2, -0.15) is 0 Å². The second kappa shape index (κ2) is 5.43. The summed E-state index contributed by atoms with van der Waals surface area (Å²) in [5.74, 6) is 0.632. The van der Waals surface area contributed by atoms with Gasteiger partial charge in [0.2, 0.25) is 0 Å². The van der Waals surface area contributed by atoms with Gasteiger partial charge in [0.25, 0.3) is 0 Å². The first-order valence-corrected chi connectivity index (χ1v) is 4.62. The number of nitrogens with two attached hydrogens (primary N) is 1. The van der Waals surface area contributed by atoms with Crippen LogP contribution in [0.5, 0.6) is 5.75 Å². The Morgan fingerprint density at radius 2 is 2.00 bits per heavy atom. The highest BCUT2D eigenvalue weighted by Crippen LogP contribution is 2.22. The molecule has 15 heavy (non-hydrogen) atoms. The molecule has 0 aliphatic carbocycles. The van der Waals surface area contributed by atoms with Crippen LogP contribution in [0.1, 0.15) is 0 Å². The Hall–Kier alpha value is -1.46. The van der Waals surface area contributed by atoms with E-state index < -0.39 is 6.04 Å². The standard InChI is InChI=1S/C10H16N2O3/c1-15-10-3-7(11)2-8(4-10)12-9(5-13)6-14/h2-4,9,12-14H,5-6,11H2,1H3. The van der Waals surface area contributed by atoms with E-state index in [4.69, 9.17) is 20.7 Å². The average Bonchev–Trinajstić information content (AvgIpc) is 2.25. The van der Waals surface area contributed by atoms with Gasteiger partial charge in [-0.1, -0.05) is 0 Å². The van der Waals surface area contributed by atoms with Gasteiger partial charge in [-0.3, -0.25) is 0 Å². The molecule has 0 radical (unpaired) electrons. The maximum atomic E-state index is 8.90. The molecule has 0 aliphatic heterocycles. The summed E-state index contributed by atoms with van der Waals surface area (Å²) in [4.78, 5) is 0. The van der Waals surface area contributed by atoms with E-state index in [2.05, 4.69) is 5.32 Å². The van der Waals surface area contributed by atoms with E-state index in [0.29, 0.717) is 17.1 Å². The number of hydrogen-bond acceptors (Lipinski definition) is 5. The number of hydrogen-bond donors (Lipinski definition) is 4. The molecule has 0 atom stereocenters. The topological polar surface area (TPSA) is 87.7 Å². The molecule has 0 fully saturated rings. The summed E-state index contributed by atoms with van der Waals surface area (Å²) in [6.45, 7) is -0.290. The lowest BCUT2D eigenvalue weighted by Crippen LogP contribution is -2.27. The van der Waals surface area contributed by atoms with E-state index in [9.17, 15) is 0 Å². The van der Waals surface area contributed by atoms with Crippen LogP contribution in [-0.4, -0.2) is 36.6 Å². The van der Waals surface area contributed by atoms with Gasteiger partial charge in [0.15, 0.2) is 0 Å². The Labute approximate surface area is 88.5 Å². The Bertz CT molecular complexity index is 314. The summed E-state index contributed by atoms with van der Waals surface area (Å²) in [5, 5.41) is 20.7. The number of nitrogen functional groups attached to an aromatic ring is 1. The molecule has 0 aromatic heterocycles. The maximum absolute atomic E-state index is 8.90. The molecule has 5 N–H and O–H groups in total. The third-order valence-corrected chi connectivity index (χ3v) is 1.98. The normalized spacial score (nSPS) is 10.4. The molecular weight excluding hydrogens is 196 g/mol. The number of aliphatic hydroxyl groups excluding tert-OH is 2. The van der Waals surface area contributed by atoms with Crippen molar-refractivity contribution in [3.05, 3.63) is 18.2 Å². The number of rotatable bonds is 5. The number of nitrogens with one attached hydrogen (secondary N) is 1. The molecule has 0 aliphatic rings. The largest absolute Gasteiger partial charge is 0.497 e.